The minimum Gasteiger partial charge on any atom is -0.352 e. The van der Waals surface area contributed by atoms with E-state index in [-0.39, 0.29) is 5.91 Å². The van der Waals surface area contributed by atoms with Crippen LogP contribution >= 0.6 is 0 Å². The third kappa shape index (κ3) is 2.54. The lowest BCUT2D eigenvalue weighted by Gasteiger charge is -2.03. The fourth-order valence-electron chi connectivity index (χ4n) is 1.23. The standard InChI is InChI=1S/C10H14N2O/c1-4-11-10(13)9-5-7(2)12-8(3)6-9/h5-6H,4H2,1-3H3,(H,11,13). The Hall–Kier alpha value is -1.38. The van der Waals surface area contributed by atoms with Crippen molar-refractivity contribution in [2.75, 3.05) is 6.54 Å². The number of rotatable bonds is 2. The van der Waals surface area contributed by atoms with E-state index in [0.717, 1.165) is 11.4 Å². The molecule has 0 aromatic carbocycles. The maximum absolute atomic E-state index is 11.4. The molecule has 0 atom stereocenters. The number of hydrogen-bond acceptors (Lipinski definition) is 2. The molecule has 0 unspecified atom stereocenters. The number of carbonyl (C=O) groups excluding carboxylic acids is 1. The molecule has 1 rings (SSSR count). The smallest absolute Gasteiger partial charge is 0.251 e. The van der Waals surface area contributed by atoms with Crippen LogP contribution in [0.2, 0.25) is 0 Å². The maximum atomic E-state index is 11.4. The highest BCUT2D eigenvalue weighted by atomic mass is 16.1. The second kappa shape index (κ2) is 4.03. The van der Waals surface area contributed by atoms with Crippen molar-refractivity contribution in [3.05, 3.63) is 29.1 Å². The number of aryl methyl sites for hydroxylation is 2. The van der Waals surface area contributed by atoms with Crippen LogP contribution in [0.15, 0.2) is 12.1 Å². The molecule has 0 saturated heterocycles. The summed E-state index contributed by atoms with van der Waals surface area (Å²) in [5, 5.41) is 2.75. The van der Waals surface area contributed by atoms with E-state index < -0.39 is 0 Å². The van der Waals surface area contributed by atoms with Gasteiger partial charge in [-0.15, -0.1) is 0 Å². The van der Waals surface area contributed by atoms with Crippen LogP contribution in [0.1, 0.15) is 28.7 Å². The summed E-state index contributed by atoms with van der Waals surface area (Å²) in [5.41, 5.74) is 2.44. The van der Waals surface area contributed by atoms with Crippen LogP contribution in [0.3, 0.4) is 0 Å². The Kier molecular flexibility index (Phi) is 3.01. The molecular weight excluding hydrogens is 164 g/mol. The summed E-state index contributed by atoms with van der Waals surface area (Å²) in [6.07, 6.45) is 0. The van der Waals surface area contributed by atoms with Gasteiger partial charge in [0.05, 0.1) is 0 Å². The summed E-state index contributed by atoms with van der Waals surface area (Å²) in [7, 11) is 0. The highest BCUT2D eigenvalue weighted by molar-refractivity contribution is 5.94. The van der Waals surface area contributed by atoms with Crippen molar-refractivity contribution in [3.63, 3.8) is 0 Å². The van der Waals surface area contributed by atoms with Gasteiger partial charge in [-0.1, -0.05) is 0 Å². The molecule has 1 N–H and O–H groups in total. The summed E-state index contributed by atoms with van der Waals surface area (Å²) < 4.78 is 0. The van der Waals surface area contributed by atoms with Gasteiger partial charge in [0.25, 0.3) is 5.91 Å². The van der Waals surface area contributed by atoms with E-state index in [4.69, 9.17) is 0 Å². The van der Waals surface area contributed by atoms with Crippen molar-refractivity contribution in [2.45, 2.75) is 20.8 Å². The average Bonchev–Trinajstić information content (AvgIpc) is 2.03. The van der Waals surface area contributed by atoms with Crippen LogP contribution in [0.25, 0.3) is 0 Å². The van der Waals surface area contributed by atoms with Gasteiger partial charge < -0.3 is 5.32 Å². The van der Waals surface area contributed by atoms with Crippen molar-refractivity contribution >= 4 is 5.91 Å². The Morgan fingerprint density at radius 1 is 1.38 bits per heavy atom. The first kappa shape index (κ1) is 9.71. The van der Waals surface area contributed by atoms with Crippen LogP contribution in [0.4, 0.5) is 0 Å². The zero-order chi connectivity index (χ0) is 9.84. The second-order valence-electron chi connectivity index (χ2n) is 3.00. The van der Waals surface area contributed by atoms with Gasteiger partial charge in [0.1, 0.15) is 0 Å². The Morgan fingerprint density at radius 2 is 1.92 bits per heavy atom. The van der Waals surface area contributed by atoms with Gasteiger partial charge in [0.2, 0.25) is 0 Å². The fraction of sp³-hybridized carbons (Fsp3) is 0.400. The molecule has 3 heteroatoms. The van der Waals surface area contributed by atoms with E-state index >= 15 is 0 Å². The van der Waals surface area contributed by atoms with Crippen molar-refractivity contribution in [1.82, 2.24) is 10.3 Å². The summed E-state index contributed by atoms with van der Waals surface area (Å²) in [6, 6.07) is 3.58. The van der Waals surface area contributed by atoms with E-state index in [9.17, 15) is 4.79 Å². The zero-order valence-corrected chi connectivity index (χ0v) is 8.22. The van der Waals surface area contributed by atoms with Gasteiger partial charge >= 0.3 is 0 Å². The molecule has 0 aliphatic rings. The van der Waals surface area contributed by atoms with Gasteiger partial charge in [-0.3, -0.25) is 9.78 Å². The van der Waals surface area contributed by atoms with E-state index in [0.29, 0.717) is 12.1 Å². The number of amides is 1. The Balaban J connectivity index is 2.94. The molecular formula is C10H14N2O. The summed E-state index contributed by atoms with van der Waals surface area (Å²) >= 11 is 0. The summed E-state index contributed by atoms with van der Waals surface area (Å²) in [5.74, 6) is -0.0314. The molecule has 0 bridgehead atoms. The van der Waals surface area contributed by atoms with Gasteiger partial charge in [-0.05, 0) is 32.9 Å². The monoisotopic (exact) mass is 178 g/mol. The van der Waals surface area contributed by atoms with E-state index in [1.165, 1.54) is 0 Å². The van der Waals surface area contributed by atoms with Crippen LogP contribution in [0.5, 0.6) is 0 Å². The minimum absolute atomic E-state index is 0.0314. The Labute approximate surface area is 78.2 Å². The van der Waals surface area contributed by atoms with Crippen LogP contribution in [-0.2, 0) is 0 Å². The highest BCUT2D eigenvalue weighted by Crippen LogP contribution is 2.04. The first-order valence-corrected chi connectivity index (χ1v) is 4.37. The van der Waals surface area contributed by atoms with Gasteiger partial charge in [-0.2, -0.15) is 0 Å². The first-order valence-electron chi connectivity index (χ1n) is 4.37. The van der Waals surface area contributed by atoms with Gasteiger partial charge in [0.15, 0.2) is 0 Å². The SMILES string of the molecule is CCNC(=O)c1cc(C)nc(C)c1. The molecule has 0 saturated carbocycles. The van der Waals surface area contributed by atoms with E-state index in [1.807, 2.05) is 20.8 Å². The molecule has 3 nitrogen and oxygen atoms in total. The van der Waals surface area contributed by atoms with Crippen LogP contribution in [-0.4, -0.2) is 17.4 Å². The third-order valence-corrected chi connectivity index (χ3v) is 1.68. The molecule has 13 heavy (non-hydrogen) atoms. The van der Waals surface area contributed by atoms with Crippen molar-refractivity contribution < 1.29 is 4.79 Å². The lowest BCUT2D eigenvalue weighted by Crippen LogP contribution is -2.22. The Morgan fingerprint density at radius 3 is 2.38 bits per heavy atom. The highest BCUT2D eigenvalue weighted by Gasteiger charge is 2.04. The summed E-state index contributed by atoms with van der Waals surface area (Å²) in [4.78, 5) is 15.6. The molecule has 1 amide bonds. The number of hydrogen-bond donors (Lipinski definition) is 1. The maximum Gasteiger partial charge on any atom is 0.251 e. The topological polar surface area (TPSA) is 42.0 Å². The molecule has 70 valence electrons. The summed E-state index contributed by atoms with van der Waals surface area (Å²) in [6.45, 7) is 6.32. The molecule has 1 heterocycles. The molecule has 0 spiro atoms. The largest absolute Gasteiger partial charge is 0.352 e. The molecule has 0 aliphatic carbocycles. The van der Waals surface area contributed by atoms with E-state index in [1.54, 1.807) is 12.1 Å². The molecule has 0 aliphatic heterocycles. The quantitative estimate of drug-likeness (QED) is 0.744. The van der Waals surface area contributed by atoms with E-state index in [2.05, 4.69) is 10.3 Å². The zero-order valence-electron chi connectivity index (χ0n) is 8.22. The predicted molar refractivity (Wildman–Crippen MR) is 51.7 cm³/mol. The van der Waals surface area contributed by atoms with Crippen LogP contribution in [0, 0.1) is 13.8 Å². The number of pyridine rings is 1. The normalized spacial score (nSPS) is 9.77. The molecule has 1 aromatic rings. The Bertz CT molecular complexity index is 300. The second-order valence-corrected chi connectivity index (χ2v) is 3.00. The van der Waals surface area contributed by atoms with Gasteiger partial charge in [-0.25, -0.2) is 0 Å². The number of carbonyl (C=O) groups is 1. The van der Waals surface area contributed by atoms with Crippen molar-refractivity contribution in [3.8, 4) is 0 Å². The molecule has 0 fully saturated rings. The molecule has 0 radical (unpaired) electrons. The lowest BCUT2D eigenvalue weighted by molar-refractivity contribution is 0.0955. The number of nitrogens with one attached hydrogen (secondary N) is 1. The number of aromatic nitrogens is 1. The van der Waals surface area contributed by atoms with Gasteiger partial charge in [0, 0.05) is 23.5 Å². The molecule has 1 aromatic heterocycles. The average molecular weight is 178 g/mol. The first-order chi connectivity index (χ1) is 6.13. The van der Waals surface area contributed by atoms with Crippen LogP contribution < -0.4 is 5.32 Å². The number of nitrogens with zero attached hydrogens (tertiary/aromatic N) is 1. The third-order valence-electron chi connectivity index (χ3n) is 1.68. The lowest BCUT2D eigenvalue weighted by atomic mass is 10.2. The predicted octanol–water partition coefficient (Wildman–Crippen LogP) is 1.45. The fourth-order valence-corrected chi connectivity index (χ4v) is 1.23. The minimum atomic E-state index is -0.0314. The van der Waals surface area contributed by atoms with Crippen molar-refractivity contribution in [1.29, 1.82) is 0 Å². The van der Waals surface area contributed by atoms with Crippen molar-refractivity contribution in [2.24, 2.45) is 0 Å².